The van der Waals surface area contributed by atoms with Crippen LogP contribution < -0.4 is 15.0 Å². The van der Waals surface area contributed by atoms with Crippen molar-refractivity contribution in [1.82, 2.24) is 14.8 Å². The molecule has 2 aliphatic rings. The van der Waals surface area contributed by atoms with Gasteiger partial charge in [-0.2, -0.15) is 0 Å². The minimum absolute atomic E-state index is 0.0158. The fourth-order valence-electron chi connectivity index (χ4n) is 4.41. The molecule has 2 fully saturated rings. The molecule has 0 saturated carbocycles. The Labute approximate surface area is 207 Å². The van der Waals surface area contributed by atoms with E-state index in [2.05, 4.69) is 22.2 Å². The number of ether oxygens (including phenoxy) is 1. The molecular weight excluding hydrogens is 466 g/mol. The van der Waals surface area contributed by atoms with Gasteiger partial charge < -0.3 is 24.8 Å². The zero-order chi connectivity index (χ0) is 24.5. The van der Waals surface area contributed by atoms with Crippen molar-refractivity contribution < 1.29 is 19.1 Å². The van der Waals surface area contributed by atoms with Gasteiger partial charge in [-0.3, -0.25) is 14.4 Å². The molecule has 0 spiro atoms. The van der Waals surface area contributed by atoms with E-state index in [1.54, 1.807) is 30.2 Å². The van der Waals surface area contributed by atoms with Gasteiger partial charge in [0.2, 0.25) is 11.8 Å². The summed E-state index contributed by atoms with van der Waals surface area (Å²) in [6.45, 7) is 3.47. The number of anilines is 2. The minimum Gasteiger partial charge on any atom is -0.497 e. The predicted octanol–water partition coefficient (Wildman–Crippen LogP) is 2.68. The first-order chi connectivity index (χ1) is 16.9. The smallest absolute Gasteiger partial charge is 0.253 e. The lowest BCUT2D eigenvalue weighted by Gasteiger charge is -2.32. The molecule has 3 aromatic rings. The number of rotatable bonds is 5. The second kappa shape index (κ2) is 9.63. The molecule has 35 heavy (non-hydrogen) atoms. The number of hydrogen-bond donors (Lipinski definition) is 1. The Morgan fingerprint density at radius 3 is 2.54 bits per heavy atom. The highest BCUT2D eigenvalue weighted by Crippen LogP contribution is 2.30. The summed E-state index contributed by atoms with van der Waals surface area (Å²) in [5.41, 5.74) is 2.09. The van der Waals surface area contributed by atoms with E-state index in [-0.39, 0.29) is 24.1 Å². The van der Waals surface area contributed by atoms with Crippen LogP contribution in [0.3, 0.4) is 0 Å². The average Bonchev–Trinajstić information content (AvgIpc) is 3.46. The molecule has 1 unspecified atom stereocenters. The van der Waals surface area contributed by atoms with Crippen LogP contribution in [-0.2, 0) is 9.59 Å². The fourth-order valence-corrected chi connectivity index (χ4v) is 5.31. The number of methoxy groups -OCH3 is 1. The molecule has 1 aromatic heterocycles. The molecular formula is C25H27N5O4S. The van der Waals surface area contributed by atoms with Gasteiger partial charge in [-0.25, -0.2) is 4.98 Å². The van der Waals surface area contributed by atoms with Crippen LogP contribution >= 0.6 is 11.3 Å². The number of amides is 3. The Kier molecular flexibility index (Phi) is 6.40. The summed E-state index contributed by atoms with van der Waals surface area (Å²) < 4.78 is 6.00. The molecule has 10 heteroatoms. The van der Waals surface area contributed by atoms with Gasteiger partial charge in [0, 0.05) is 50.4 Å². The van der Waals surface area contributed by atoms with Gasteiger partial charge in [0.15, 0.2) is 5.13 Å². The monoisotopic (exact) mass is 493 g/mol. The van der Waals surface area contributed by atoms with Gasteiger partial charge in [0.25, 0.3) is 5.91 Å². The van der Waals surface area contributed by atoms with Crippen molar-refractivity contribution >= 4 is 50.1 Å². The maximum atomic E-state index is 12.9. The second-order valence-electron chi connectivity index (χ2n) is 8.89. The number of benzene rings is 2. The maximum absolute atomic E-state index is 12.9. The molecule has 182 valence electrons. The van der Waals surface area contributed by atoms with Crippen LogP contribution in [0.5, 0.6) is 5.75 Å². The number of nitrogens with one attached hydrogen (secondary N) is 1. The lowest BCUT2D eigenvalue weighted by molar-refractivity contribution is -0.122. The van der Waals surface area contributed by atoms with Crippen LogP contribution in [0.1, 0.15) is 16.8 Å². The van der Waals surface area contributed by atoms with E-state index < -0.39 is 5.92 Å². The average molecular weight is 494 g/mol. The number of likely N-dealkylation sites (N-methyl/N-ethyl adjacent to an activating group) is 1. The highest BCUT2D eigenvalue weighted by atomic mass is 32.1. The first-order valence-corrected chi connectivity index (χ1v) is 12.4. The van der Waals surface area contributed by atoms with Crippen LogP contribution in [0.15, 0.2) is 42.5 Å². The Hall–Kier alpha value is -3.50. The number of thiazole rings is 1. The molecule has 0 bridgehead atoms. The van der Waals surface area contributed by atoms with Crippen molar-refractivity contribution in [2.75, 3.05) is 57.1 Å². The standard InChI is InChI=1S/C25H27N5O4S/c1-28-9-11-29(12-10-28)24(33)16-3-8-20-21(13-16)35-25(26-20)27-23(32)17-14-22(31)30(15-17)18-4-6-19(34-2)7-5-18/h3-8,13,17H,9-12,14-15H2,1-2H3,(H,26,27,32). The summed E-state index contributed by atoms with van der Waals surface area (Å²) >= 11 is 1.33. The van der Waals surface area contributed by atoms with E-state index in [0.717, 1.165) is 29.0 Å². The van der Waals surface area contributed by atoms with Crippen LogP contribution in [0.2, 0.25) is 0 Å². The van der Waals surface area contributed by atoms with Crippen LogP contribution in [0.25, 0.3) is 10.2 Å². The number of fused-ring (bicyclic) bond motifs is 1. The van der Waals surface area contributed by atoms with Crippen molar-refractivity contribution in [1.29, 1.82) is 0 Å². The SMILES string of the molecule is COc1ccc(N2CC(C(=O)Nc3nc4ccc(C(=O)N5CCN(C)CC5)cc4s3)CC2=O)cc1. The number of carbonyl (C=O) groups excluding carboxylic acids is 3. The third-order valence-corrected chi connectivity index (χ3v) is 7.47. The molecule has 1 N–H and O–H groups in total. The van der Waals surface area contributed by atoms with E-state index in [0.29, 0.717) is 36.1 Å². The van der Waals surface area contributed by atoms with Gasteiger partial charge in [-0.15, -0.1) is 0 Å². The molecule has 9 nitrogen and oxygen atoms in total. The van der Waals surface area contributed by atoms with Gasteiger partial charge in [0.05, 0.1) is 23.2 Å². The summed E-state index contributed by atoms with van der Waals surface area (Å²) in [6.07, 6.45) is 0.145. The third-order valence-electron chi connectivity index (χ3n) is 6.54. The van der Waals surface area contributed by atoms with Gasteiger partial charge >= 0.3 is 0 Å². The van der Waals surface area contributed by atoms with Crippen molar-refractivity contribution in [3.05, 3.63) is 48.0 Å². The van der Waals surface area contributed by atoms with E-state index >= 15 is 0 Å². The number of piperazine rings is 1. The molecule has 0 aliphatic carbocycles. The zero-order valence-corrected chi connectivity index (χ0v) is 20.5. The van der Waals surface area contributed by atoms with E-state index in [1.807, 2.05) is 29.2 Å². The molecule has 1 atom stereocenters. The largest absolute Gasteiger partial charge is 0.497 e. The summed E-state index contributed by atoms with van der Waals surface area (Å²) in [7, 11) is 3.64. The third kappa shape index (κ3) is 4.85. The normalized spacial score (nSPS) is 18.8. The molecule has 3 heterocycles. The van der Waals surface area contributed by atoms with Gasteiger partial charge in [0.1, 0.15) is 5.75 Å². The predicted molar refractivity (Wildman–Crippen MR) is 135 cm³/mol. The van der Waals surface area contributed by atoms with E-state index in [9.17, 15) is 14.4 Å². The molecule has 2 aromatic carbocycles. The van der Waals surface area contributed by atoms with Gasteiger partial charge in [-0.1, -0.05) is 11.3 Å². The summed E-state index contributed by atoms with van der Waals surface area (Å²) in [6, 6.07) is 12.6. The number of aromatic nitrogens is 1. The minimum atomic E-state index is -0.467. The summed E-state index contributed by atoms with van der Waals surface area (Å²) in [5.74, 6) is -0.0687. The number of carbonyl (C=O) groups is 3. The Morgan fingerprint density at radius 1 is 1.09 bits per heavy atom. The number of hydrogen-bond acceptors (Lipinski definition) is 7. The Bertz CT molecular complexity index is 1270. The van der Waals surface area contributed by atoms with Crippen molar-refractivity contribution in [3.63, 3.8) is 0 Å². The van der Waals surface area contributed by atoms with Crippen molar-refractivity contribution in [2.24, 2.45) is 5.92 Å². The first kappa shape index (κ1) is 23.3. The van der Waals surface area contributed by atoms with Crippen LogP contribution in [-0.4, -0.2) is 79.4 Å². The molecule has 0 radical (unpaired) electrons. The molecule has 2 saturated heterocycles. The lowest BCUT2D eigenvalue weighted by Crippen LogP contribution is -2.47. The van der Waals surface area contributed by atoms with Crippen molar-refractivity contribution in [2.45, 2.75) is 6.42 Å². The second-order valence-corrected chi connectivity index (χ2v) is 9.92. The fraction of sp³-hybridized carbons (Fsp3) is 0.360. The molecule has 3 amide bonds. The topological polar surface area (TPSA) is 95.1 Å². The highest BCUT2D eigenvalue weighted by molar-refractivity contribution is 7.22. The maximum Gasteiger partial charge on any atom is 0.253 e. The van der Waals surface area contributed by atoms with E-state index in [4.69, 9.17) is 4.74 Å². The zero-order valence-electron chi connectivity index (χ0n) is 19.7. The Morgan fingerprint density at radius 2 is 1.83 bits per heavy atom. The quantitative estimate of drug-likeness (QED) is 0.587. The van der Waals surface area contributed by atoms with Crippen LogP contribution in [0, 0.1) is 5.92 Å². The lowest BCUT2D eigenvalue weighted by atomic mass is 10.1. The highest BCUT2D eigenvalue weighted by Gasteiger charge is 2.35. The summed E-state index contributed by atoms with van der Waals surface area (Å²) in [5, 5.41) is 3.33. The molecule has 2 aliphatic heterocycles. The number of nitrogens with zero attached hydrogens (tertiary/aromatic N) is 4. The first-order valence-electron chi connectivity index (χ1n) is 11.5. The summed E-state index contributed by atoms with van der Waals surface area (Å²) in [4.78, 5) is 48.6. The van der Waals surface area contributed by atoms with E-state index in [1.165, 1.54) is 11.3 Å². The Balaban J connectivity index is 1.25. The van der Waals surface area contributed by atoms with Gasteiger partial charge in [-0.05, 0) is 49.5 Å². The van der Waals surface area contributed by atoms with Crippen LogP contribution in [0.4, 0.5) is 10.8 Å². The van der Waals surface area contributed by atoms with Crippen molar-refractivity contribution in [3.8, 4) is 5.75 Å². The molecule has 5 rings (SSSR count).